The lowest BCUT2D eigenvalue weighted by Crippen LogP contribution is -2.37. The molecule has 0 atom stereocenters. The van der Waals surface area contributed by atoms with Crippen molar-refractivity contribution in [1.29, 1.82) is 0 Å². The van der Waals surface area contributed by atoms with Crippen molar-refractivity contribution in [2.24, 2.45) is 0 Å². The third-order valence-electron chi connectivity index (χ3n) is 3.08. The summed E-state index contributed by atoms with van der Waals surface area (Å²) in [7, 11) is 3.46. The van der Waals surface area contributed by atoms with E-state index in [0.29, 0.717) is 18.2 Å². The maximum Gasteiger partial charge on any atom is 0.241 e. The summed E-state index contributed by atoms with van der Waals surface area (Å²) in [5.41, 5.74) is 7.50. The number of aromatic nitrogens is 2. The van der Waals surface area contributed by atoms with Crippen molar-refractivity contribution >= 4 is 28.6 Å². The molecule has 2 rings (SSSR count). The molecule has 2 aromatic rings. The number of hydrogen-bond acceptors (Lipinski definition) is 5. The van der Waals surface area contributed by atoms with E-state index in [9.17, 15) is 4.79 Å². The van der Waals surface area contributed by atoms with Crippen molar-refractivity contribution in [3.8, 4) is 0 Å². The zero-order valence-electron chi connectivity index (χ0n) is 12.0. The highest BCUT2D eigenvalue weighted by Gasteiger charge is 2.16. The SMILES string of the molecule is CCN(CC(=O)N(C)C)c1nc2ccccc2nc1N. The summed E-state index contributed by atoms with van der Waals surface area (Å²) in [5, 5.41) is 0. The van der Waals surface area contributed by atoms with E-state index in [4.69, 9.17) is 5.73 Å². The van der Waals surface area contributed by atoms with Crippen LogP contribution in [0, 0.1) is 0 Å². The summed E-state index contributed by atoms with van der Waals surface area (Å²) in [6, 6.07) is 7.54. The van der Waals surface area contributed by atoms with Gasteiger partial charge in [0.15, 0.2) is 11.6 Å². The number of anilines is 2. The van der Waals surface area contributed by atoms with Gasteiger partial charge in [0.25, 0.3) is 0 Å². The molecule has 0 bridgehead atoms. The van der Waals surface area contributed by atoms with Crippen LogP contribution < -0.4 is 10.6 Å². The number of amides is 1. The van der Waals surface area contributed by atoms with E-state index in [1.807, 2.05) is 36.1 Å². The fraction of sp³-hybridized carbons (Fsp3) is 0.357. The molecule has 0 saturated heterocycles. The molecule has 0 saturated carbocycles. The van der Waals surface area contributed by atoms with Gasteiger partial charge >= 0.3 is 0 Å². The van der Waals surface area contributed by atoms with Gasteiger partial charge in [0.1, 0.15) is 0 Å². The second-order valence-electron chi connectivity index (χ2n) is 4.72. The minimum Gasteiger partial charge on any atom is -0.381 e. The van der Waals surface area contributed by atoms with Gasteiger partial charge in [0.2, 0.25) is 5.91 Å². The molecule has 0 aliphatic carbocycles. The zero-order valence-corrected chi connectivity index (χ0v) is 12.0. The van der Waals surface area contributed by atoms with Crippen molar-refractivity contribution < 1.29 is 4.79 Å². The normalized spacial score (nSPS) is 10.6. The van der Waals surface area contributed by atoms with E-state index in [2.05, 4.69) is 9.97 Å². The first-order chi connectivity index (χ1) is 9.52. The van der Waals surface area contributed by atoms with Gasteiger partial charge in [-0.15, -0.1) is 0 Å². The topological polar surface area (TPSA) is 75.4 Å². The molecule has 0 aliphatic rings. The lowest BCUT2D eigenvalue weighted by atomic mass is 10.3. The molecule has 0 unspecified atom stereocenters. The van der Waals surface area contributed by atoms with E-state index in [0.717, 1.165) is 11.0 Å². The number of carbonyl (C=O) groups is 1. The molecule has 20 heavy (non-hydrogen) atoms. The highest BCUT2D eigenvalue weighted by Crippen LogP contribution is 2.22. The number of para-hydroxylation sites is 2. The van der Waals surface area contributed by atoms with Crippen molar-refractivity contribution in [1.82, 2.24) is 14.9 Å². The predicted octanol–water partition coefficient (Wildman–Crippen LogP) is 1.13. The van der Waals surface area contributed by atoms with Crippen LogP contribution in [-0.4, -0.2) is 48.0 Å². The van der Waals surface area contributed by atoms with Gasteiger partial charge in [-0.1, -0.05) is 12.1 Å². The average Bonchev–Trinajstić information content (AvgIpc) is 2.43. The molecule has 2 N–H and O–H groups in total. The molecule has 0 fully saturated rings. The minimum atomic E-state index is 0.00112. The molecule has 0 radical (unpaired) electrons. The smallest absolute Gasteiger partial charge is 0.241 e. The Bertz CT molecular complexity index is 626. The number of likely N-dealkylation sites (N-methyl/N-ethyl adjacent to an activating group) is 2. The summed E-state index contributed by atoms with van der Waals surface area (Å²) in [4.78, 5) is 24.1. The van der Waals surface area contributed by atoms with E-state index in [1.165, 1.54) is 0 Å². The second kappa shape index (κ2) is 5.73. The summed E-state index contributed by atoms with van der Waals surface area (Å²) in [6.45, 7) is 2.83. The summed E-state index contributed by atoms with van der Waals surface area (Å²) in [5.74, 6) is 0.903. The number of hydrogen-bond donors (Lipinski definition) is 1. The summed E-state index contributed by atoms with van der Waals surface area (Å²) in [6.07, 6.45) is 0. The van der Waals surface area contributed by atoms with Crippen LogP contribution in [0.3, 0.4) is 0 Å². The van der Waals surface area contributed by atoms with E-state index >= 15 is 0 Å². The number of rotatable bonds is 4. The second-order valence-corrected chi connectivity index (χ2v) is 4.72. The molecular weight excluding hydrogens is 254 g/mol. The summed E-state index contributed by atoms with van der Waals surface area (Å²) >= 11 is 0. The number of nitrogens with zero attached hydrogens (tertiary/aromatic N) is 4. The van der Waals surface area contributed by atoms with Crippen LogP contribution in [0.5, 0.6) is 0 Å². The van der Waals surface area contributed by atoms with Crippen LogP contribution in [0.4, 0.5) is 11.6 Å². The molecule has 1 aromatic heterocycles. The number of nitrogens with two attached hydrogens (primary N) is 1. The quantitative estimate of drug-likeness (QED) is 0.903. The third-order valence-corrected chi connectivity index (χ3v) is 3.08. The minimum absolute atomic E-state index is 0.00112. The van der Waals surface area contributed by atoms with Gasteiger partial charge in [0, 0.05) is 20.6 Å². The Morgan fingerprint density at radius 2 is 1.80 bits per heavy atom. The standard InChI is InChI=1S/C14H19N5O/c1-4-19(9-12(20)18(2)3)14-13(15)16-10-7-5-6-8-11(10)17-14/h5-8H,4,9H2,1-3H3,(H2,15,16). The van der Waals surface area contributed by atoms with E-state index in [1.54, 1.807) is 19.0 Å². The van der Waals surface area contributed by atoms with Crippen LogP contribution in [0.15, 0.2) is 24.3 Å². The van der Waals surface area contributed by atoms with Crippen molar-refractivity contribution in [3.05, 3.63) is 24.3 Å². The molecule has 0 aliphatic heterocycles. The van der Waals surface area contributed by atoms with Gasteiger partial charge in [-0.3, -0.25) is 4.79 Å². The van der Waals surface area contributed by atoms with Crippen LogP contribution in [0.2, 0.25) is 0 Å². The first-order valence-electron chi connectivity index (χ1n) is 6.50. The first-order valence-corrected chi connectivity index (χ1v) is 6.50. The van der Waals surface area contributed by atoms with Crippen LogP contribution in [0.1, 0.15) is 6.92 Å². The Morgan fingerprint density at radius 3 is 2.35 bits per heavy atom. The zero-order chi connectivity index (χ0) is 14.7. The van der Waals surface area contributed by atoms with Gasteiger partial charge in [-0.25, -0.2) is 9.97 Å². The fourth-order valence-corrected chi connectivity index (χ4v) is 1.88. The Balaban J connectivity index is 2.38. The van der Waals surface area contributed by atoms with Gasteiger partial charge in [-0.05, 0) is 19.1 Å². The lowest BCUT2D eigenvalue weighted by molar-refractivity contribution is -0.127. The number of benzene rings is 1. The van der Waals surface area contributed by atoms with Crippen LogP contribution in [0.25, 0.3) is 11.0 Å². The predicted molar refractivity (Wildman–Crippen MR) is 80.5 cm³/mol. The van der Waals surface area contributed by atoms with Gasteiger partial charge in [0.05, 0.1) is 17.6 Å². The molecule has 1 aromatic carbocycles. The Labute approximate surface area is 118 Å². The Morgan fingerprint density at radius 1 is 1.20 bits per heavy atom. The van der Waals surface area contributed by atoms with E-state index < -0.39 is 0 Å². The molecule has 6 nitrogen and oxygen atoms in total. The molecule has 6 heteroatoms. The largest absolute Gasteiger partial charge is 0.381 e. The Hall–Kier alpha value is -2.37. The highest BCUT2D eigenvalue weighted by atomic mass is 16.2. The van der Waals surface area contributed by atoms with Crippen molar-refractivity contribution in [3.63, 3.8) is 0 Å². The molecular formula is C14H19N5O. The van der Waals surface area contributed by atoms with Crippen molar-refractivity contribution in [2.45, 2.75) is 6.92 Å². The lowest BCUT2D eigenvalue weighted by Gasteiger charge is -2.24. The Kier molecular flexibility index (Phi) is 4.02. The molecule has 106 valence electrons. The average molecular weight is 273 g/mol. The number of fused-ring (bicyclic) bond motifs is 1. The van der Waals surface area contributed by atoms with Gasteiger partial charge in [-0.2, -0.15) is 0 Å². The highest BCUT2D eigenvalue weighted by molar-refractivity contribution is 5.84. The fourth-order valence-electron chi connectivity index (χ4n) is 1.88. The maximum absolute atomic E-state index is 11.9. The number of carbonyl (C=O) groups excluding carboxylic acids is 1. The molecule has 1 heterocycles. The van der Waals surface area contributed by atoms with Crippen molar-refractivity contribution in [2.75, 3.05) is 37.8 Å². The first kappa shape index (κ1) is 14.0. The monoisotopic (exact) mass is 273 g/mol. The van der Waals surface area contributed by atoms with Crippen LogP contribution in [-0.2, 0) is 4.79 Å². The van der Waals surface area contributed by atoms with E-state index in [-0.39, 0.29) is 12.5 Å². The third kappa shape index (κ3) is 2.79. The maximum atomic E-state index is 11.9. The van der Waals surface area contributed by atoms with Crippen LogP contribution >= 0.6 is 0 Å². The summed E-state index contributed by atoms with van der Waals surface area (Å²) < 4.78 is 0. The number of nitrogen functional groups attached to an aromatic ring is 1. The molecule has 0 spiro atoms. The van der Waals surface area contributed by atoms with Gasteiger partial charge < -0.3 is 15.5 Å². The molecule has 1 amide bonds.